The molecule has 4 heteroatoms. The SMILES string of the molecule is CCN(CCCO)CCCOCCOC. The van der Waals surface area contributed by atoms with Crippen molar-refractivity contribution in [3.05, 3.63) is 0 Å². The first-order valence-corrected chi connectivity index (χ1v) is 5.75. The van der Waals surface area contributed by atoms with E-state index >= 15 is 0 Å². The van der Waals surface area contributed by atoms with Crippen molar-refractivity contribution < 1.29 is 14.6 Å². The Labute approximate surface area is 93.2 Å². The van der Waals surface area contributed by atoms with Gasteiger partial charge in [0.05, 0.1) is 13.2 Å². The van der Waals surface area contributed by atoms with Crippen molar-refractivity contribution in [1.29, 1.82) is 0 Å². The van der Waals surface area contributed by atoms with E-state index in [0.29, 0.717) is 13.2 Å². The third-order valence-electron chi connectivity index (χ3n) is 2.27. The van der Waals surface area contributed by atoms with Gasteiger partial charge in [0.25, 0.3) is 0 Å². The first-order chi connectivity index (χ1) is 7.35. The summed E-state index contributed by atoms with van der Waals surface area (Å²) >= 11 is 0. The lowest BCUT2D eigenvalue weighted by Crippen LogP contribution is -2.27. The van der Waals surface area contributed by atoms with E-state index in [-0.39, 0.29) is 6.61 Å². The molecule has 0 saturated carbocycles. The molecule has 0 aromatic heterocycles. The first kappa shape index (κ1) is 14.8. The summed E-state index contributed by atoms with van der Waals surface area (Å²) in [4.78, 5) is 2.33. The first-order valence-electron chi connectivity index (χ1n) is 5.75. The second kappa shape index (κ2) is 11.9. The summed E-state index contributed by atoms with van der Waals surface area (Å²) in [5.41, 5.74) is 0. The summed E-state index contributed by atoms with van der Waals surface area (Å²) in [6, 6.07) is 0. The molecule has 0 spiro atoms. The van der Waals surface area contributed by atoms with Crippen LogP contribution in [0.5, 0.6) is 0 Å². The van der Waals surface area contributed by atoms with Gasteiger partial charge >= 0.3 is 0 Å². The summed E-state index contributed by atoms with van der Waals surface area (Å²) in [5, 5.41) is 8.71. The van der Waals surface area contributed by atoms with Crippen LogP contribution in [0.2, 0.25) is 0 Å². The number of nitrogens with zero attached hydrogens (tertiary/aromatic N) is 1. The van der Waals surface area contributed by atoms with Crippen molar-refractivity contribution in [2.24, 2.45) is 0 Å². The molecule has 4 nitrogen and oxygen atoms in total. The summed E-state index contributed by atoms with van der Waals surface area (Å²) in [5.74, 6) is 0. The molecule has 1 N–H and O–H groups in total. The Kier molecular flexibility index (Phi) is 11.8. The van der Waals surface area contributed by atoms with E-state index in [4.69, 9.17) is 14.6 Å². The Hall–Kier alpha value is -0.160. The van der Waals surface area contributed by atoms with E-state index in [1.54, 1.807) is 7.11 Å². The lowest BCUT2D eigenvalue weighted by molar-refractivity contribution is 0.0651. The minimum Gasteiger partial charge on any atom is -0.396 e. The molecule has 0 aliphatic rings. The Morgan fingerprint density at radius 1 is 1.07 bits per heavy atom. The largest absolute Gasteiger partial charge is 0.396 e. The highest BCUT2D eigenvalue weighted by Gasteiger charge is 2.00. The summed E-state index contributed by atoms with van der Waals surface area (Å²) < 4.78 is 10.3. The fraction of sp³-hybridized carbons (Fsp3) is 1.00. The topological polar surface area (TPSA) is 41.9 Å². The molecule has 0 aromatic carbocycles. The van der Waals surface area contributed by atoms with Gasteiger partial charge in [-0.25, -0.2) is 0 Å². The van der Waals surface area contributed by atoms with Crippen molar-refractivity contribution in [3.8, 4) is 0 Å². The van der Waals surface area contributed by atoms with Gasteiger partial charge in [0, 0.05) is 33.4 Å². The molecule has 0 aliphatic carbocycles. The zero-order valence-electron chi connectivity index (χ0n) is 10.1. The molecular formula is C11H25NO3. The van der Waals surface area contributed by atoms with E-state index in [9.17, 15) is 0 Å². The number of aliphatic hydroxyl groups is 1. The van der Waals surface area contributed by atoms with Gasteiger partial charge in [-0.3, -0.25) is 0 Å². The summed E-state index contributed by atoms with van der Waals surface area (Å²) in [6.45, 7) is 7.62. The third-order valence-corrected chi connectivity index (χ3v) is 2.27. The fourth-order valence-corrected chi connectivity index (χ4v) is 1.36. The van der Waals surface area contributed by atoms with Gasteiger partial charge in [0.2, 0.25) is 0 Å². The van der Waals surface area contributed by atoms with Crippen LogP contribution in [-0.4, -0.2) is 63.2 Å². The van der Waals surface area contributed by atoms with Crippen LogP contribution in [0.3, 0.4) is 0 Å². The highest BCUT2D eigenvalue weighted by molar-refractivity contribution is 4.54. The van der Waals surface area contributed by atoms with Crippen LogP contribution in [0.1, 0.15) is 19.8 Å². The second-order valence-electron chi connectivity index (χ2n) is 3.47. The van der Waals surface area contributed by atoms with Crippen LogP contribution >= 0.6 is 0 Å². The molecule has 0 radical (unpaired) electrons. The van der Waals surface area contributed by atoms with Gasteiger partial charge in [-0.05, 0) is 19.4 Å². The molecule has 0 aromatic rings. The molecule has 0 atom stereocenters. The lowest BCUT2D eigenvalue weighted by Gasteiger charge is -2.19. The minimum absolute atomic E-state index is 0.279. The van der Waals surface area contributed by atoms with Gasteiger partial charge in [-0.1, -0.05) is 6.92 Å². The van der Waals surface area contributed by atoms with Crippen molar-refractivity contribution in [3.63, 3.8) is 0 Å². The van der Waals surface area contributed by atoms with Crippen molar-refractivity contribution in [1.82, 2.24) is 4.90 Å². The van der Waals surface area contributed by atoms with Gasteiger partial charge in [-0.15, -0.1) is 0 Å². The highest BCUT2D eigenvalue weighted by atomic mass is 16.5. The van der Waals surface area contributed by atoms with Crippen molar-refractivity contribution in [2.45, 2.75) is 19.8 Å². The lowest BCUT2D eigenvalue weighted by atomic mass is 10.3. The zero-order chi connectivity index (χ0) is 11.4. The van der Waals surface area contributed by atoms with Crippen LogP contribution in [0.25, 0.3) is 0 Å². The Bertz CT molecular complexity index is 122. The number of ether oxygens (including phenoxy) is 2. The number of aliphatic hydroxyl groups excluding tert-OH is 1. The normalized spacial score (nSPS) is 11.2. The summed E-state index contributed by atoms with van der Waals surface area (Å²) in [7, 11) is 1.68. The minimum atomic E-state index is 0.279. The highest BCUT2D eigenvalue weighted by Crippen LogP contribution is 1.94. The molecule has 0 fully saturated rings. The fourth-order valence-electron chi connectivity index (χ4n) is 1.36. The molecular weight excluding hydrogens is 194 g/mol. The molecule has 15 heavy (non-hydrogen) atoms. The van der Waals surface area contributed by atoms with Gasteiger partial charge < -0.3 is 19.5 Å². The van der Waals surface area contributed by atoms with Crippen LogP contribution in [0.4, 0.5) is 0 Å². The average Bonchev–Trinajstić information content (AvgIpc) is 2.27. The molecule has 0 unspecified atom stereocenters. The third kappa shape index (κ3) is 10.1. The van der Waals surface area contributed by atoms with Gasteiger partial charge in [-0.2, -0.15) is 0 Å². The number of hydrogen-bond acceptors (Lipinski definition) is 4. The van der Waals surface area contributed by atoms with E-state index in [0.717, 1.165) is 39.1 Å². The molecule has 0 aliphatic heterocycles. The summed E-state index contributed by atoms with van der Waals surface area (Å²) in [6.07, 6.45) is 1.90. The van der Waals surface area contributed by atoms with Gasteiger partial charge in [0.1, 0.15) is 0 Å². The molecule has 0 amide bonds. The van der Waals surface area contributed by atoms with E-state index in [1.807, 2.05) is 0 Å². The zero-order valence-corrected chi connectivity index (χ0v) is 10.1. The Morgan fingerprint density at radius 2 is 1.80 bits per heavy atom. The van der Waals surface area contributed by atoms with Crippen molar-refractivity contribution in [2.75, 3.05) is 53.2 Å². The average molecular weight is 219 g/mol. The maximum atomic E-state index is 8.71. The number of rotatable bonds is 11. The van der Waals surface area contributed by atoms with Gasteiger partial charge in [0.15, 0.2) is 0 Å². The quantitative estimate of drug-likeness (QED) is 0.521. The van der Waals surface area contributed by atoms with E-state index in [1.165, 1.54) is 0 Å². The van der Waals surface area contributed by atoms with E-state index in [2.05, 4.69) is 11.8 Å². The standard InChI is InChI=1S/C11H25NO3/c1-3-12(6-4-8-13)7-5-9-15-11-10-14-2/h13H,3-11H2,1-2H3. The van der Waals surface area contributed by atoms with Crippen LogP contribution in [-0.2, 0) is 9.47 Å². The molecule has 0 bridgehead atoms. The van der Waals surface area contributed by atoms with E-state index < -0.39 is 0 Å². The molecule has 0 heterocycles. The maximum absolute atomic E-state index is 8.71. The Morgan fingerprint density at radius 3 is 2.40 bits per heavy atom. The van der Waals surface area contributed by atoms with Crippen LogP contribution < -0.4 is 0 Å². The number of hydrogen-bond donors (Lipinski definition) is 1. The van der Waals surface area contributed by atoms with Crippen molar-refractivity contribution >= 4 is 0 Å². The molecule has 0 saturated heterocycles. The second-order valence-corrected chi connectivity index (χ2v) is 3.47. The Balaban J connectivity index is 3.22. The monoisotopic (exact) mass is 219 g/mol. The van der Waals surface area contributed by atoms with Crippen LogP contribution in [0.15, 0.2) is 0 Å². The maximum Gasteiger partial charge on any atom is 0.0700 e. The molecule has 0 rings (SSSR count). The smallest absolute Gasteiger partial charge is 0.0700 e. The number of methoxy groups -OCH3 is 1. The molecule has 92 valence electrons. The predicted molar refractivity (Wildman–Crippen MR) is 61.1 cm³/mol. The van der Waals surface area contributed by atoms with Crippen LogP contribution in [0, 0.1) is 0 Å². The predicted octanol–water partition coefficient (Wildman–Crippen LogP) is 0.744.